The summed E-state index contributed by atoms with van der Waals surface area (Å²) in [5.74, 6) is -0.0427. The number of aromatic nitrogens is 5. The second-order valence-electron chi connectivity index (χ2n) is 5.65. The van der Waals surface area contributed by atoms with E-state index < -0.39 is 5.97 Å². The van der Waals surface area contributed by atoms with Crippen LogP contribution in [0.15, 0.2) is 30.9 Å². The largest absolute Gasteiger partial charge is 0.464 e. The molecule has 0 bridgehead atoms. The lowest BCUT2D eigenvalue weighted by atomic mass is 10.2. The molecule has 124 valence electrons. The molecule has 0 aliphatic carbocycles. The van der Waals surface area contributed by atoms with Crippen LogP contribution in [0.25, 0.3) is 17.0 Å². The minimum atomic E-state index is -0.482. The van der Waals surface area contributed by atoms with Crippen molar-refractivity contribution in [1.29, 1.82) is 0 Å². The number of esters is 1. The van der Waals surface area contributed by atoms with Crippen molar-refractivity contribution in [1.82, 2.24) is 24.1 Å². The lowest BCUT2D eigenvalue weighted by Crippen LogP contribution is -2.18. The third kappa shape index (κ3) is 2.54. The van der Waals surface area contributed by atoms with Crippen LogP contribution < -0.4 is 0 Å². The normalized spacial score (nSPS) is 18.0. The zero-order chi connectivity index (χ0) is 16.5. The molecule has 0 amide bonds. The summed E-state index contributed by atoms with van der Waals surface area (Å²) in [5.41, 5.74) is 2.01. The second-order valence-corrected chi connectivity index (χ2v) is 5.65. The highest BCUT2D eigenvalue weighted by Gasteiger charge is 2.18. The number of ether oxygens (including phenoxy) is 2. The summed E-state index contributed by atoms with van der Waals surface area (Å²) in [5, 5.41) is 4.42. The van der Waals surface area contributed by atoms with Crippen molar-refractivity contribution < 1.29 is 14.3 Å². The van der Waals surface area contributed by atoms with Gasteiger partial charge in [-0.25, -0.2) is 19.4 Å². The monoisotopic (exact) mass is 327 g/mol. The highest BCUT2D eigenvalue weighted by atomic mass is 16.5. The molecule has 0 saturated carbocycles. The number of hydrogen-bond donors (Lipinski definition) is 0. The van der Waals surface area contributed by atoms with Gasteiger partial charge in [0, 0.05) is 24.6 Å². The first-order valence-electron chi connectivity index (χ1n) is 7.85. The lowest BCUT2D eigenvalue weighted by Gasteiger charge is -2.22. The first-order chi connectivity index (χ1) is 11.8. The summed E-state index contributed by atoms with van der Waals surface area (Å²) in [6, 6.07) is 1.61. The first kappa shape index (κ1) is 14.8. The van der Waals surface area contributed by atoms with Crippen LogP contribution in [0.4, 0.5) is 0 Å². The van der Waals surface area contributed by atoms with Gasteiger partial charge in [0.25, 0.3) is 0 Å². The first-order valence-corrected chi connectivity index (χ1v) is 7.85. The summed E-state index contributed by atoms with van der Waals surface area (Å²) >= 11 is 0. The van der Waals surface area contributed by atoms with Gasteiger partial charge < -0.3 is 9.47 Å². The molecule has 1 atom stereocenters. The fourth-order valence-electron chi connectivity index (χ4n) is 2.86. The van der Waals surface area contributed by atoms with Crippen LogP contribution in [0, 0.1) is 0 Å². The zero-order valence-electron chi connectivity index (χ0n) is 13.3. The van der Waals surface area contributed by atoms with E-state index in [0.717, 1.165) is 37.1 Å². The number of imidazole rings is 1. The van der Waals surface area contributed by atoms with Gasteiger partial charge in [-0.05, 0) is 25.3 Å². The number of methoxy groups -OCH3 is 1. The molecule has 0 spiro atoms. The predicted octanol–water partition coefficient (Wildman–Crippen LogP) is 2.08. The van der Waals surface area contributed by atoms with Crippen LogP contribution in [0.3, 0.4) is 0 Å². The van der Waals surface area contributed by atoms with Crippen LogP contribution in [-0.2, 0) is 9.47 Å². The minimum absolute atomic E-state index is 0.00395. The van der Waals surface area contributed by atoms with Gasteiger partial charge in [0.15, 0.2) is 5.69 Å². The number of rotatable bonds is 3. The summed E-state index contributed by atoms with van der Waals surface area (Å²) in [7, 11) is 1.33. The third-order valence-corrected chi connectivity index (χ3v) is 4.12. The summed E-state index contributed by atoms with van der Waals surface area (Å²) in [4.78, 5) is 20.0. The van der Waals surface area contributed by atoms with E-state index in [4.69, 9.17) is 4.74 Å². The van der Waals surface area contributed by atoms with E-state index in [2.05, 4.69) is 19.8 Å². The molecule has 0 N–H and O–H groups in total. The average molecular weight is 327 g/mol. The highest BCUT2D eigenvalue weighted by Crippen LogP contribution is 2.25. The van der Waals surface area contributed by atoms with Crippen LogP contribution in [0.2, 0.25) is 0 Å². The van der Waals surface area contributed by atoms with Crippen LogP contribution in [0.1, 0.15) is 36.0 Å². The number of carbonyl (C=O) groups excluding carboxylic acids is 1. The Kier molecular flexibility index (Phi) is 3.73. The zero-order valence-corrected chi connectivity index (χ0v) is 13.3. The molecule has 1 aliphatic rings. The molecule has 4 rings (SSSR count). The van der Waals surface area contributed by atoms with Crippen LogP contribution in [0.5, 0.6) is 0 Å². The van der Waals surface area contributed by atoms with Crippen molar-refractivity contribution >= 4 is 11.7 Å². The van der Waals surface area contributed by atoms with Crippen molar-refractivity contribution in [3.8, 4) is 11.3 Å². The molecule has 3 aromatic rings. The van der Waals surface area contributed by atoms with E-state index in [1.165, 1.54) is 7.11 Å². The molecular weight excluding hydrogens is 310 g/mol. The quantitative estimate of drug-likeness (QED) is 0.685. The highest BCUT2D eigenvalue weighted by molar-refractivity contribution is 5.87. The van der Waals surface area contributed by atoms with Crippen molar-refractivity contribution in [2.75, 3.05) is 13.7 Å². The maximum absolute atomic E-state index is 11.6. The summed E-state index contributed by atoms with van der Waals surface area (Å²) < 4.78 is 14.1. The molecule has 8 heteroatoms. The van der Waals surface area contributed by atoms with Gasteiger partial charge >= 0.3 is 5.97 Å². The summed E-state index contributed by atoms with van der Waals surface area (Å²) in [6.07, 6.45) is 10.4. The SMILES string of the molecule is COC(=O)c1ccn2c(-c3cnn(C4CCCCO4)c3)cnc2n1. The Morgan fingerprint density at radius 1 is 1.38 bits per heavy atom. The minimum Gasteiger partial charge on any atom is -0.464 e. The van der Waals surface area contributed by atoms with Crippen LogP contribution in [-0.4, -0.2) is 43.8 Å². The van der Waals surface area contributed by atoms with E-state index in [9.17, 15) is 4.79 Å². The third-order valence-electron chi connectivity index (χ3n) is 4.12. The molecule has 1 saturated heterocycles. The maximum Gasteiger partial charge on any atom is 0.356 e. The molecule has 1 fully saturated rings. The Bertz CT molecular complexity index is 879. The molecule has 0 aromatic carbocycles. The maximum atomic E-state index is 11.6. The molecular formula is C16H17N5O3. The topological polar surface area (TPSA) is 83.5 Å². The van der Waals surface area contributed by atoms with E-state index in [1.807, 2.05) is 15.3 Å². The van der Waals surface area contributed by atoms with Gasteiger partial charge in [-0.3, -0.25) is 4.40 Å². The fraction of sp³-hybridized carbons (Fsp3) is 0.375. The van der Waals surface area contributed by atoms with Crippen molar-refractivity contribution in [3.63, 3.8) is 0 Å². The number of fused-ring (bicyclic) bond motifs is 1. The molecule has 24 heavy (non-hydrogen) atoms. The van der Waals surface area contributed by atoms with Gasteiger partial charge in [-0.1, -0.05) is 0 Å². The van der Waals surface area contributed by atoms with Gasteiger partial charge in [0.2, 0.25) is 5.78 Å². The van der Waals surface area contributed by atoms with E-state index in [-0.39, 0.29) is 11.9 Å². The number of nitrogens with zero attached hydrogens (tertiary/aromatic N) is 5. The predicted molar refractivity (Wildman–Crippen MR) is 84.4 cm³/mol. The lowest BCUT2D eigenvalue weighted by molar-refractivity contribution is -0.0394. The van der Waals surface area contributed by atoms with Gasteiger partial charge in [-0.2, -0.15) is 5.10 Å². The van der Waals surface area contributed by atoms with E-state index in [1.54, 1.807) is 24.7 Å². The van der Waals surface area contributed by atoms with Crippen molar-refractivity contribution in [2.24, 2.45) is 0 Å². The van der Waals surface area contributed by atoms with Gasteiger partial charge in [0.1, 0.15) is 6.23 Å². The number of carbonyl (C=O) groups is 1. The molecule has 3 aromatic heterocycles. The molecule has 4 heterocycles. The van der Waals surface area contributed by atoms with Crippen molar-refractivity contribution in [3.05, 3.63) is 36.5 Å². The standard InChI is InChI=1S/C16H17N5O3/c1-23-15(22)12-5-6-20-13(9-17-16(20)19-12)11-8-18-21(10-11)14-4-2-3-7-24-14/h5-6,8-10,14H,2-4,7H2,1H3. The molecule has 0 radical (unpaired) electrons. The Hall–Kier alpha value is -2.74. The number of hydrogen-bond acceptors (Lipinski definition) is 6. The Morgan fingerprint density at radius 2 is 2.29 bits per heavy atom. The molecule has 8 nitrogen and oxygen atoms in total. The Labute approximate surface area is 138 Å². The fourth-order valence-corrected chi connectivity index (χ4v) is 2.86. The molecule has 1 unspecified atom stereocenters. The summed E-state index contributed by atoms with van der Waals surface area (Å²) in [6.45, 7) is 0.774. The Balaban J connectivity index is 1.67. The van der Waals surface area contributed by atoms with Crippen molar-refractivity contribution in [2.45, 2.75) is 25.5 Å². The van der Waals surface area contributed by atoms with Gasteiger partial charge in [0.05, 0.1) is 25.2 Å². The average Bonchev–Trinajstić information content (AvgIpc) is 3.28. The van der Waals surface area contributed by atoms with E-state index in [0.29, 0.717) is 5.78 Å². The smallest absolute Gasteiger partial charge is 0.356 e. The molecule has 1 aliphatic heterocycles. The van der Waals surface area contributed by atoms with Gasteiger partial charge in [-0.15, -0.1) is 0 Å². The second kappa shape index (κ2) is 6.04. The van der Waals surface area contributed by atoms with Crippen LogP contribution >= 0.6 is 0 Å². The van der Waals surface area contributed by atoms with E-state index >= 15 is 0 Å². The Morgan fingerprint density at radius 3 is 3.08 bits per heavy atom.